The maximum Gasteiger partial charge on any atom is 0.116 e. The SMILES string of the molecule is C=C/C(=C\C(=C/C)c1ccc2[nH]nc(-c3cc4c(-c5cccnc5)nccc4[nH]3)c2c1)CN1CCCC1. The molecule has 0 atom stereocenters. The van der Waals surface area contributed by atoms with Crippen LogP contribution in [-0.2, 0) is 0 Å². The van der Waals surface area contributed by atoms with Gasteiger partial charge in [0.05, 0.1) is 16.9 Å². The highest BCUT2D eigenvalue weighted by molar-refractivity contribution is 6.00. The molecule has 2 N–H and O–H groups in total. The van der Waals surface area contributed by atoms with Gasteiger partial charge in [-0.25, -0.2) is 0 Å². The van der Waals surface area contributed by atoms with Crippen molar-refractivity contribution >= 4 is 27.4 Å². The van der Waals surface area contributed by atoms with Crippen LogP contribution >= 0.6 is 0 Å². The lowest BCUT2D eigenvalue weighted by atomic mass is 10.00. The summed E-state index contributed by atoms with van der Waals surface area (Å²) in [6.45, 7) is 9.46. The van der Waals surface area contributed by atoms with Crippen LogP contribution < -0.4 is 0 Å². The monoisotopic (exact) mass is 486 g/mol. The summed E-state index contributed by atoms with van der Waals surface area (Å²) in [6.07, 6.45) is 14.4. The zero-order valence-electron chi connectivity index (χ0n) is 21.0. The van der Waals surface area contributed by atoms with Crippen molar-refractivity contribution in [1.82, 2.24) is 30.0 Å². The van der Waals surface area contributed by atoms with Crippen LogP contribution in [0.3, 0.4) is 0 Å². The molecule has 0 unspecified atom stereocenters. The predicted molar refractivity (Wildman–Crippen MR) is 152 cm³/mol. The Morgan fingerprint density at radius 3 is 2.68 bits per heavy atom. The third-order valence-electron chi connectivity index (χ3n) is 7.15. The normalized spacial score (nSPS) is 15.2. The Labute approximate surface area is 216 Å². The Bertz CT molecular complexity index is 1630. The van der Waals surface area contributed by atoms with Crippen LogP contribution in [0.25, 0.3) is 50.0 Å². The molecular weight excluding hydrogens is 456 g/mol. The van der Waals surface area contributed by atoms with Crippen molar-refractivity contribution in [1.29, 1.82) is 0 Å². The van der Waals surface area contributed by atoms with E-state index in [-0.39, 0.29) is 0 Å². The van der Waals surface area contributed by atoms with Gasteiger partial charge in [-0.1, -0.05) is 30.9 Å². The zero-order chi connectivity index (χ0) is 25.2. The molecule has 6 nitrogen and oxygen atoms in total. The number of aromatic nitrogens is 5. The first-order chi connectivity index (χ1) is 18.2. The van der Waals surface area contributed by atoms with Crippen molar-refractivity contribution in [3.63, 3.8) is 0 Å². The highest BCUT2D eigenvalue weighted by Gasteiger charge is 2.16. The van der Waals surface area contributed by atoms with E-state index in [4.69, 9.17) is 0 Å². The Morgan fingerprint density at radius 2 is 1.89 bits per heavy atom. The van der Waals surface area contributed by atoms with E-state index in [2.05, 4.69) is 80.0 Å². The summed E-state index contributed by atoms with van der Waals surface area (Å²) < 4.78 is 0. The van der Waals surface area contributed by atoms with E-state index >= 15 is 0 Å². The number of fused-ring (bicyclic) bond motifs is 2. The van der Waals surface area contributed by atoms with E-state index < -0.39 is 0 Å². The summed E-state index contributed by atoms with van der Waals surface area (Å²) in [5.74, 6) is 0. The molecule has 0 bridgehead atoms. The van der Waals surface area contributed by atoms with Crippen molar-refractivity contribution in [3.8, 4) is 22.6 Å². The van der Waals surface area contributed by atoms with Crippen LogP contribution in [0.4, 0.5) is 0 Å². The molecule has 6 heteroatoms. The van der Waals surface area contributed by atoms with Crippen molar-refractivity contribution < 1.29 is 0 Å². The quantitative estimate of drug-likeness (QED) is 0.249. The highest BCUT2D eigenvalue weighted by atomic mass is 15.1. The standard InChI is InChI=1S/C31H30N6/c1-3-21(20-37-14-5-6-15-37)16-22(4-2)23-9-10-28-25(17-23)31(36-35-28)29-18-26-27(34-29)11-13-33-30(26)24-8-7-12-32-19-24/h3-4,7-13,16-19,34H,1,5-6,14-15,20H2,2H3,(H,35,36)/b21-16+,22-4+. The fourth-order valence-corrected chi connectivity index (χ4v) is 5.21. The van der Waals surface area contributed by atoms with Gasteiger partial charge >= 0.3 is 0 Å². The predicted octanol–water partition coefficient (Wildman–Crippen LogP) is 6.78. The molecule has 6 rings (SSSR count). The number of nitrogens with zero attached hydrogens (tertiary/aromatic N) is 4. The molecule has 5 heterocycles. The van der Waals surface area contributed by atoms with Crippen LogP contribution in [0.2, 0.25) is 0 Å². The lowest BCUT2D eigenvalue weighted by Gasteiger charge is -2.15. The van der Waals surface area contributed by atoms with Gasteiger partial charge in [0.15, 0.2) is 0 Å². The van der Waals surface area contributed by atoms with Crippen molar-refractivity contribution in [2.24, 2.45) is 0 Å². The first kappa shape index (κ1) is 23.1. The molecule has 1 aromatic carbocycles. The number of hydrogen-bond donors (Lipinski definition) is 2. The van der Waals surface area contributed by atoms with Gasteiger partial charge in [-0.05, 0) is 86.0 Å². The van der Waals surface area contributed by atoms with Crippen molar-refractivity contribution in [2.45, 2.75) is 19.8 Å². The first-order valence-corrected chi connectivity index (χ1v) is 12.8. The summed E-state index contributed by atoms with van der Waals surface area (Å²) in [5.41, 5.74) is 9.35. The second-order valence-electron chi connectivity index (χ2n) is 9.53. The van der Waals surface area contributed by atoms with Gasteiger partial charge < -0.3 is 4.98 Å². The topological polar surface area (TPSA) is 73.5 Å². The number of allylic oxidation sites excluding steroid dienone is 3. The first-order valence-electron chi connectivity index (χ1n) is 12.8. The van der Waals surface area contributed by atoms with E-state index in [9.17, 15) is 0 Å². The largest absolute Gasteiger partial charge is 0.353 e. The highest BCUT2D eigenvalue weighted by Crippen LogP contribution is 2.34. The van der Waals surface area contributed by atoms with Crippen LogP contribution in [0.5, 0.6) is 0 Å². The van der Waals surface area contributed by atoms with E-state index in [1.165, 1.54) is 37.1 Å². The van der Waals surface area contributed by atoms with Gasteiger partial charge in [0.25, 0.3) is 0 Å². The third-order valence-corrected chi connectivity index (χ3v) is 7.15. The average Bonchev–Trinajstić information content (AvgIpc) is 3.70. The van der Waals surface area contributed by atoms with Gasteiger partial charge in [0.2, 0.25) is 0 Å². The zero-order valence-corrected chi connectivity index (χ0v) is 21.0. The molecule has 1 aliphatic rings. The number of rotatable bonds is 7. The number of benzene rings is 1. The Morgan fingerprint density at radius 1 is 1.03 bits per heavy atom. The lowest BCUT2D eigenvalue weighted by Crippen LogP contribution is -2.21. The fourth-order valence-electron chi connectivity index (χ4n) is 5.21. The average molecular weight is 487 g/mol. The fraction of sp³-hybridized carbons (Fsp3) is 0.194. The van der Waals surface area contributed by atoms with E-state index in [0.717, 1.165) is 56.6 Å². The van der Waals surface area contributed by atoms with Gasteiger partial charge in [0, 0.05) is 47.0 Å². The van der Waals surface area contributed by atoms with E-state index in [1.807, 2.05) is 36.7 Å². The maximum absolute atomic E-state index is 4.69. The summed E-state index contributed by atoms with van der Waals surface area (Å²) in [6, 6.07) is 14.6. The molecule has 0 amide bonds. The summed E-state index contributed by atoms with van der Waals surface area (Å²) in [7, 11) is 0. The summed E-state index contributed by atoms with van der Waals surface area (Å²) in [5, 5.41) is 10.0. The second-order valence-corrected chi connectivity index (χ2v) is 9.53. The minimum Gasteiger partial charge on any atom is -0.353 e. The van der Waals surface area contributed by atoms with E-state index in [0.29, 0.717) is 0 Å². The van der Waals surface area contributed by atoms with Crippen LogP contribution in [0.15, 0.2) is 91.4 Å². The third kappa shape index (κ3) is 4.52. The van der Waals surface area contributed by atoms with E-state index in [1.54, 1.807) is 6.20 Å². The molecule has 0 spiro atoms. The molecule has 1 fully saturated rings. The molecule has 184 valence electrons. The second kappa shape index (κ2) is 9.99. The Hall–Kier alpha value is -4.29. The van der Waals surface area contributed by atoms with Crippen LogP contribution in [0, 0.1) is 0 Å². The van der Waals surface area contributed by atoms with Gasteiger partial charge in [0.1, 0.15) is 5.69 Å². The van der Waals surface area contributed by atoms with Crippen LogP contribution in [0.1, 0.15) is 25.3 Å². The summed E-state index contributed by atoms with van der Waals surface area (Å²) in [4.78, 5) is 15.0. The van der Waals surface area contributed by atoms with Gasteiger partial charge in [-0.15, -0.1) is 0 Å². The molecule has 0 aliphatic carbocycles. The number of hydrogen-bond acceptors (Lipinski definition) is 4. The summed E-state index contributed by atoms with van der Waals surface area (Å²) >= 11 is 0. The molecule has 0 radical (unpaired) electrons. The molecule has 1 aliphatic heterocycles. The smallest absolute Gasteiger partial charge is 0.116 e. The molecule has 37 heavy (non-hydrogen) atoms. The number of likely N-dealkylation sites (tertiary alicyclic amines) is 1. The maximum atomic E-state index is 4.69. The van der Waals surface area contributed by atoms with Gasteiger partial charge in [-0.2, -0.15) is 5.10 Å². The minimum atomic E-state index is 0.894. The molecule has 0 saturated carbocycles. The number of H-pyrrole nitrogens is 2. The molecular formula is C31H30N6. The lowest BCUT2D eigenvalue weighted by molar-refractivity contribution is 0.371. The molecule has 1 saturated heterocycles. The number of nitrogens with one attached hydrogen (secondary N) is 2. The van der Waals surface area contributed by atoms with Crippen LogP contribution in [-0.4, -0.2) is 49.7 Å². The molecule has 5 aromatic rings. The van der Waals surface area contributed by atoms with Gasteiger partial charge in [-0.3, -0.25) is 20.0 Å². The number of pyridine rings is 2. The van der Waals surface area contributed by atoms with Crippen molar-refractivity contribution in [3.05, 3.63) is 97.0 Å². The minimum absolute atomic E-state index is 0.894. The Kier molecular flexibility index (Phi) is 6.25. The number of aromatic amines is 2. The van der Waals surface area contributed by atoms with Crippen molar-refractivity contribution in [2.75, 3.05) is 19.6 Å². The Balaban J connectivity index is 1.38. The molecule has 4 aromatic heterocycles.